The van der Waals surface area contributed by atoms with Crippen LogP contribution in [-0.2, 0) is 0 Å². The number of hydrogen-bond acceptors (Lipinski definition) is 3. The zero-order valence-electron chi connectivity index (χ0n) is 11.9. The van der Waals surface area contributed by atoms with Gasteiger partial charge >= 0.3 is 0 Å². The monoisotopic (exact) mass is 274 g/mol. The van der Waals surface area contributed by atoms with Crippen molar-refractivity contribution in [1.29, 1.82) is 0 Å². The molecule has 108 valence electrons. The number of nitrogens with one attached hydrogen (secondary N) is 1. The van der Waals surface area contributed by atoms with Gasteiger partial charge in [-0.1, -0.05) is 18.6 Å². The lowest BCUT2D eigenvalue weighted by molar-refractivity contribution is -0.384. The maximum absolute atomic E-state index is 10.6. The van der Waals surface area contributed by atoms with Crippen LogP contribution in [0.3, 0.4) is 0 Å². The first-order valence-electron chi connectivity index (χ1n) is 7.61. The molecule has 2 aliphatic rings. The van der Waals surface area contributed by atoms with Crippen LogP contribution in [-0.4, -0.2) is 11.5 Å². The first-order chi connectivity index (χ1) is 9.63. The third-order valence-electron chi connectivity index (χ3n) is 5.17. The SMILES string of the molecule is CC(NCC1CC2CCC1C2)c1ccc([N+](=O)[O-])cc1. The molecule has 0 radical (unpaired) electrons. The van der Waals surface area contributed by atoms with Crippen LogP contribution in [0.4, 0.5) is 5.69 Å². The van der Waals surface area contributed by atoms with Gasteiger partial charge in [0.25, 0.3) is 5.69 Å². The topological polar surface area (TPSA) is 55.2 Å². The molecule has 2 fully saturated rings. The molecule has 4 atom stereocenters. The largest absolute Gasteiger partial charge is 0.310 e. The van der Waals surface area contributed by atoms with Crippen molar-refractivity contribution in [2.75, 3.05) is 6.54 Å². The van der Waals surface area contributed by atoms with Crippen LogP contribution < -0.4 is 5.32 Å². The summed E-state index contributed by atoms with van der Waals surface area (Å²) in [7, 11) is 0. The van der Waals surface area contributed by atoms with Crippen molar-refractivity contribution in [2.24, 2.45) is 17.8 Å². The molecule has 1 aromatic carbocycles. The first-order valence-corrected chi connectivity index (χ1v) is 7.61. The standard InChI is InChI=1S/C16H22N2O2/c1-11(13-4-6-16(7-5-13)18(19)20)17-10-15-9-12-2-3-14(15)8-12/h4-7,11-12,14-15,17H,2-3,8-10H2,1H3. The average molecular weight is 274 g/mol. The summed E-state index contributed by atoms with van der Waals surface area (Å²) in [4.78, 5) is 10.3. The predicted octanol–water partition coefficient (Wildman–Crippen LogP) is 3.68. The van der Waals surface area contributed by atoms with Crippen molar-refractivity contribution < 1.29 is 4.92 Å². The van der Waals surface area contributed by atoms with Gasteiger partial charge in [0.2, 0.25) is 0 Å². The second-order valence-electron chi connectivity index (χ2n) is 6.41. The summed E-state index contributed by atoms with van der Waals surface area (Å²) in [5.41, 5.74) is 1.29. The van der Waals surface area contributed by atoms with E-state index < -0.39 is 0 Å². The third-order valence-corrected chi connectivity index (χ3v) is 5.17. The number of non-ortho nitro benzene ring substituents is 1. The molecule has 3 rings (SSSR count). The van der Waals surface area contributed by atoms with E-state index >= 15 is 0 Å². The molecule has 2 aliphatic carbocycles. The molecule has 0 saturated heterocycles. The fourth-order valence-corrected chi connectivity index (χ4v) is 3.96. The van der Waals surface area contributed by atoms with Gasteiger partial charge in [-0.05, 0) is 56.0 Å². The van der Waals surface area contributed by atoms with Crippen molar-refractivity contribution in [3.05, 3.63) is 39.9 Å². The Morgan fingerprint density at radius 3 is 2.60 bits per heavy atom. The molecule has 2 bridgehead atoms. The number of hydrogen-bond donors (Lipinski definition) is 1. The Morgan fingerprint density at radius 1 is 1.30 bits per heavy atom. The lowest BCUT2D eigenvalue weighted by Crippen LogP contribution is -2.28. The second-order valence-corrected chi connectivity index (χ2v) is 6.41. The normalized spacial score (nSPS) is 29.6. The van der Waals surface area contributed by atoms with Gasteiger partial charge in [-0.3, -0.25) is 10.1 Å². The Balaban J connectivity index is 1.53. The van der Waals surface area contributed by atoms with E-state index in [1.807, 2.05) is 12.1 Å². The van der Waals surface area contributed by atoms with E-state index in [0.29, 0.717) is 0 Å². The minimum Gasteiger partial charge on any atom is -0.310 e. The van der Waals surface area contributed by atoms with Crippen molar-refractivity contribution >= 4 is 5.69 Å². The van der Waals surface area contributed by atoms with Gasteiger partial charge in [-0.25, -0.2) is 0 Å². The maximum atomic E-state index is 10.6. The van der Waals surface area contributed by atoms with Crippen LogP contribution in [0.25, 0.3) is 0 Å². The summed E-state index contributed by atoms with van der Waals surface area (Å²) in [5.74, 6) is 2.77. The van der Waals surface area contributed by atoms with E-state index in [1.165, 1.54) is 25.7 Å². The van der Waals surface area contributed by atoms with E-state index in [0.717, 1.165) is 29.9 Å². The Hall–Kier alpha value is -1.42. The van der Waals surface area contributed by atoms with E-state index in [-0.39, 0.29) is 16.7 Å². The van der Waals surface area contributed by atoms with E-state index in [9.17, 15) is 10.1 Å². The minimum absolute atomic E-state index is 0.161. The highest BCUT2D eigenvalue weighted by Crippen LogP contribution is 2.48. The molecule has 0 spiro atoms. The molecule has 0 aromatic heterocycles. The van der Waals surface area contributed by atoms with Crippen molar-refractivity contribution in [3.63, 3.8) is 0 Å². The lowest BCUT2D eigenvalue weighted by Gasteiger charge is -2.24. The molecule has 4 unspecified atom stereocenters. The molecule has 4 nitrogen and oxygen atoms in total. The van der Waals surface area contributed by atoms with Gasteiger partial charge in [0, 0.05) is 18.2 Å². The van der Waals surface area contributed by atoms with Crippen LogP contribution in [0.15, 0.2) is 24.3 Å². The van der Waals surface area contributed by atoms with Gasteiger partial charge in [-0.15, -0.1) is 0 Å². The smallest absolute Gasteiger partial charge is 0.269 e. The number of fused-ring (bicyclic) bond motifs is 2. The summed E-state index contributed by atoms with van der Waals surface area (Å²) in [5, 5.41) is 14.2. The van der Waals surface area contributed by atoms with Crippen molar-refractivity contribution in [2.45, 2.75) is 38.6 Å². The molecular weight excluding hydrogens is 252 g/mol. The Labute approximate surface area is 119 Å². The van der Waals surface area contributed by atoms with Gasteiger partial charge in [-0.2, -0.15) is 0 Å². The quantitative estimate of drug-likeness (QED) is 0.658. The Kier molecular flexibility index (Phi) is 3.74. The summed E-state index contributed by atoms with van der Waals surface area (Å²) in [6.45, 7) is 3.22. The molecule has 1 aromatic rings. The van der Waals surface area contributed by atoms with Crippen LogP contribution in [0.2, 0.25) is 0 Å². The van der Waals surface area contributed by atoms with Gasteiger partial charge < -0.3 is 5.32 Å². The summed E-state index contributed by atoms with van der Waals surface area (Å²) >= 11 is 0. The van der Waals surface area contributed by atoms with E-state index in [2.05, 4.69) is 12.2 Å². The molecule has 1 N–H and O–H groups in total. The van der Waals surface area contributed by atoms with Crippen LogP contribution in [0.5, 0.6) is 0 Å². The minimum atomic E-state index is -0.350. The Bertz CT molecular complexity index is 486. The van der Waals surface area contributed by atoms with Crippen molar-refractivity contribution in [3.8, 4) is 0 Å². The number of nitrogens with zero attached hydrogens (tertiary/aromatic N) is 1. The fourth-order valence-electron chi connectivity index (χ4n) is 3.96. The highest BCUT2D eigenvalue weighted by Gasteiger charge is 2.39. The molecule has 20 heavy (non-hydrogen) atoms. The maximum Gasteiger partial charge on any atom is 0.269 e. The Morgan fingerprint density at radius 2 is 2.05 bits per heavy atom. The molecule has 0 amide bonds. The van der Waals surface area contributed by atoms with Crippen LogP contribution in [0.1, 0.15) is 44.2 Å². The van der Waals surface area contributed by atoms with Crippen LogP contribution >= 0.6 is 0 Å². The highest BCUT2D eigenvalue weighted by molar-refractivity contribution is 5.34. The van der Waals surface area contributed by atoms with E-state index in [1.54, 1.807) is 12.1 Å². The summed E-state index contributed by atoms with van der Waals surface area (Å²) in [6.07, 6.45) is 5.70. The first kappa shape index (κ1) is 13.6. The van der Waals surface area contributed by atoms with E-state index in [4.69, 9.17) is 0 Å². The molecule has 2 saturated carbocycles. The number of nitro benzene ring substituents is 1. The highest BCUT2D eigenvalue weighted by atomic mass is 16.6. The van der Waals surface area contributed by atoms with Crippen LogP contribution in [0, 0.1) is 27.9 Å². The van der Waals surface area contributed by atoms with Crippen molar-refractivity contribution in [1.82, 2.24) is 5.32 Å². The van der Waals surface area contributed by atoms with Gasteiger partial charge in [0.15, 0.2) is 0 Å². The second kappa shape index (κ2) is 5.52. The predicted molar refractivity (Wildman–Crippen MR) is 78.5 cm³/mol. The number of nitro groups is 1. The fraction of sp³-hybridized carbons (Fsp3) is 0.625. The lowest BCUT2D eigenvalue weighted by atomic mass is 9.88. The molecular formula is C16H22N2O2. The van der Waals surface area contributed by atoms with Gasteiger partial charge in [0.1, 0.15) is 0 Å². The third kappa shape index (κ3) is 2.70. The number of rotatable bonds is 5. The molecule has 0 aliphatic heterocycles. The molecule has 0 heterocycles. The summed E-state index contributed by atoms with van der Waals surface area (Å²) in [6, 6.07) is 7.15. The zero-order valence-corrected chi connectivity index (χ0v) is 11.9. The number of benzene rings is 1. The average Bonchev–Trinajstić information content (AvgIpc) is 3.07. The molecule has 4 heteroatoms. The van der Waals surface area contributed by atoms with Gasteiger partial charge in [0.05, 0.1) is 4.92 Å². The summed E-state index contributed by atoms with van der Waals surface area (Å²) < 4.78 is 0. The zero-order chi connectivity index (χ0) is 14.1.